The molecule has 0 fully saturated rings. The molecule has 3 heteroatoms. The Morgan fingerprint density at radius 2 is 1.64 bits per heavy atom. The number of hydrogen-bond donors (Lipinski definition) is 1. The lowest BCUT2D eigenvalue weighted by Crippen LogP contribution is -2.09. The van der Waals surface area contributed by atoms with E-state index in [4.69, 9.17) is 0 Å². The first-order chi connectivity index (χ1) is 10.6. The first-order valence-electron chi connectivity index (χ1n) is 7.85. The average molecular weight is 294 g/mol. The summed E-state index contributed by atoms with van der Waals surface area (Å²) >= 11 is 0. The third kappa shape index (κ3) is 2.53. The molecule has 3 aromatic rings. The Morgan fingerprint density at radius 1 is 1.00 bits per heavy atom. The van der Waals surface area contributed by atoms with Crippen molar-refractivity contribution < 1.29 is 5.11 Å². The summed E-state index contributed by atoms with van der Waals surface area (Å²) in [7, 11) is 0. The molecule has 3 rings (SSSR count). The smallest absolute Gasteiger partial charge is 0.143 e. The highest BCUT2D eigenvalue weighted by molar-refractivity contribution is 5.76. The van der Waals surface area contributed by atoms with Gasteiger partial charge >= 0.3 is 0 Å². The third-order valence-electron chi connectivity index (χ3n) is 4.16. The first kappa shape index (κ1) is 14.8. The summed E-state index contributed by atoms with van der Waals surface area (Å²) in [4.78, 5) is 4.63. The fourth-order valence-electron chi connectivity index (χ4n) is 2.85. The van der Waals surface area contributed by atoms with Gasteiger partial charge in [-0.2, -0.15) is 0 Å². The van der Waals surface area contributed by atoms with Crippen LogP contribution < -0.4 is 0 Å². The van der Waals surface area contributed by atoms with Crippen LogP contribution in [0.2, 0.25) is 0 Å². The number of para-hydroxylation sites is 2. The zero-order chi connectivity index (χ0) is 15.7. The van der Waals surface area contributed by atoms with Gasteiger partial charge in [0, 0.05) is 6.54 Å². The lowest BCUT2D eigenvalue weighted by molar-refractivity contribution is 0.205. The van der Waals surface area contributed by atoms with E-state index in [0.29, 0.717) is 11.7 Å². The normalized spacial score (nSPS) is 13.0. The van der Waals surface area contributed by atoms with E-state index >= 15 is 0 Å². The van der Waals surface area contributed by atoms with Crippen molar-refractivity contribution in [3.63, 3.8) is 0 Å². The van der Waals surface area contributed by atoms with Crippen molar-refractivity contribution in [1.29, 1.82) is 0 Å². The molecule has 3 nitrogen and oxygen atoms in total. The SMILES string of the molecule is CCn1c([C@H](O)c2ccc(C(C)C)cc2)nc2ccccc21. The quantitative estimate of drug-likeness (QED) is 0.780. The third-order valence-corrected chi connectivity index (χ3v) is 4.16. The van der Waals surface area contributed by atoms with E-state index in [1.165, 1.54) is 5.56 Å². The summed E-state index contributed by atoms with van der Waals surface area (Å²) < 4.78 is 2.08. The molecule has 0 aliphatic rings. The molecule has 1 aromatic heterocycles. The number of hydrogen-bond acceptors (Lipinski definition) is 2. The molecule has 0 spiro atoms. The van der Waals surface area contributed by atoms with Crippen molar-refractivity contribution in [3.05, 3.63) is 65.5 Å². The van der Waals surface area contributed by atoms with Crippen molar-refractivity contribution in [2.24, 2.45) is 0 Å². The number of aromatic nitrogens is 2. The van der Waals surface area contributed by atoms with Crippen molar-refractivity contribution in [3.8, 4) is 0 Å². The molecular formula is C19H22N2O. The van der Waals surface area contributed by atoms with Gasteiger partial charge in [-0.1, -0.05) is 50.2 Å². The summed E-state index contributed by atoms with van der Waals surface area (Å²) in [5.74, 6) is 1.20. The molecule has 114 valence electrons. The molecule has 1 atom stereocenters. The molecular weight excluding hydrogens is 272 g/mol. The maximum Gasteiger partial charge on any atom is 0.143 e. The predicted octanol–water partition coefficient (Wildman–Crippen LogP) is 4.26. The Bertz CT molecular complexity index is 772. The van der Waals surface area contributed by atoms with Gasteiger partial charge in [0.25, 0.3) is 0 Å². The van der Waals surface area contributed by atoms with E-state index in [-0.39, 0.29) is 0 Å². The first-order valence-corrected chi connectivity index (χ1v) is 7.85. The summed E-state index contributed by atoms with van der Waals surface area (Å²) in [6.07, 6.45) is -0.700. The highest BCUT2D eigenvalue weighted by atomic mass is 16.3. The lowest BCUT2D eigenvalue weighted by Gasteiger charge is -2.14. The fourth-order valence-corrected chi connectivity index (χ4v) is 2.85. The van der Waals surface area contributed by atoms with E-state index < -0.39 is 6.10 Å². The van der Waals surface area contributed by atoms with Crippen LogP contribution in [-0.4, -0.2) is 14.7 Å². The molecule has 0 saturated heterocycles. The maximum absolute atomic E-state index is 10.8. The van der Waals surface area contributed by atoms with Gasteiger partial charge in [-0.25, -0.2) is 4.98 Å². The van der Waals surface area contributed by atoms with Crippen LogP contribution >= 0.6 is 0 Å². The Hall–Kier alpha value is -2.13. The van der Waals surface area contributed by atoms with Gasteiger partial charge in [-0.15, -0.1) is 0 Å². The Morgan fingerprint density at radius 3 is 2.27 bits per heavy atom. The number of aryl methyl sites for hydroxylation is 1. The van der Waals surface area contributed by atoms with Crippen LogP contribution in [0.3, 0.4) is 0 Å². The molecule has 0 aliphatic heterocycles. The molecule has 2 aromatic carbocycles. The molecule has 0 aliphatic carbocycles. The molecule has 0 amide bonds. The molecule has 1 N–H and O–H groups in total. The van der Waals surface area contributed by atoms with E-state index in [1.807, 2.05) is 36.4 Å². The molecule has 22 heavy (non-hydrogen) atoms. The van der Waals surface area contributed by atoms with E-state index in [9.17, 15) is 5.11 Å². The molecule has 0 saturated carbocycles. The number of rotatable bonds is 4. The molecule has 0 radical (unpaired) electrons. The standard InChI is InChI=1S/C19H22N2O/c1-4-21-17-8-6-5-7-16(17)20-19(21)18(22)15-11-9-14(10-12-15)13(2)3/h5-13,18,22H,4H2,1-3H3/t18-/m1/s1. The van der Waals surface area contributed by atoms with Crippen molar-refractivity contribution in [1.82, 2.24) is 9.55 Å². The van der Waals surface area contributed by atoms with Gasteiger partial charge in [-0.3, -0.25) is 0 Å². The van der Waals surface area contributed by atoms with Crippen LogP contribution in [0.4, 0.5) is 0 Å². The zero-order valence-electron chi connectivity index (χ0n) is 13.3. The van der Waals surface area contributed by atoms with Gasteiger partial charge in [0.2, 0.25) is 0 Å². The molecule has 0 unspecified atom stereocenters. The largest absolute Gasteiger partial charge is 0.380 e. The number of aliphatic hydroxyl groups excluding tert-OH is 1. The van der Waals surface area contributed by atoms with Crippen LogP contribution in [0, 0.1) is 0 Å². The van der Waals surface area contributed by atoms with E-state index in [1.54, 1.807) is 0 Å². The monoisotopic (exact) mass is 294 g/mol. The van der Waals surface area contributed by atoms with Crippen LogP contribution in [0.5, 0.6) is 0 Å². The Labute approximate surface area is 131 Å². The summed E-state index contributed by atoms with van der Waals surface area (Å²) in [5, 5.41) is 10.8. The minimum absolute atomic E-state index is 0.492. The molecule has 0 bridgehead atoms. The van der Waals surface area contributed by atoms with E-state index in [0.717, 1.165) is 23.1 Å². The number of aliphatic hydroxyl groups is 1. The van der Waals surface area contributed by atoms with Crippen molar-refractivity contribution >= 4 is 11.0 Å². The average Bonchev–Trinajstić information content (AvgIpc) is 2.92. The second kappa shape index (κ2) is 5.93. The highest BCUT2D eigenvalue weighted by Gasteiger charge is 2.19. The van der Waals surface area contributed by atoms with Gasteiger partial charge in [0.05, 0.1) is 11.0 Å². The Kier molecular flexibility index (Phi) is 3.99. The second-order valence-electron chi connectivity index (χ2n) is 5.93. The van der Waals surface area contributed by atoms with Gasteiger partial charge in [-0.05, 0) is 36.1 Å². The van der Waals surface area contributed by atoms with E-state index in [2.05, 4.69) is 42.5 Å². The van der Waals surface area contributed by atoms with Crippen LogP contribution in [0.25, 0.3) is 11.0 Å². The summed E-state index contributed by atoms with van der Waals surface area (Å²) in [6, 6.07) is 16.2. The van der Waals surface area contributed by atoms with Crippen molar-refractivity contribution in [2.45, 2.75) is 39.3 Å². The second-order valence-corrected chi connectivity index (χ2v) is 5.93. The zero-order valence-corrected chi connectivity index (χ0v) is 13.3. The Balaban J connectivity index is 2.02. The topological polar surface area (TPSA) is 38.0 Å². The maximum atomic E-state index is 10.8. The van der Waals surface area contributed by atoms with Gasteiger partial charge < -0.3 is 9.67 Å². The predicted molar refractivity (Wildman–Crippen MR) is 90.0 cm³/mol. The minimum atomic E-state index is -0.700. The van der Waals surface area contributed by atoms with Crippen LogP contribution in [0.15, 0.2) is 48.5 Å². The minimum Gasteiger partial charge on any atom is -0.380 e. The summed E-state index contributed by atoms with van der Waals surface area (Å²) in [5.41, 5.74) is 4.16. The van der Waals surface area contributed by atoms with Crippen molar-refractivity contribution in [2.75, 3.05) is 0 Å². The fraction of sp³-hybridized carbons (Fsp3) is 0.316. The number of benzene rings is 2. The number of imidazole rings is 1. The van der Waals surface area contributed by atoms with Crippen LogP contribution in [-0.2, 0) is 6.54 Å². The lowest BCUT2D eigenvalue weighted by atomic mass is 10.00. The molecule has 1 heterocycles. The summed E-state index contributed by atoms with van der Waals surface area (Å²) in [6.45, 7) is 7.20. The highest BCUT2D eigenvalue weighted by Crippen LogP contribution is 2.26. The number of nitrogens with zero attached hydrogens (tertiary/aromatic N) is 2. The number of fused-ring (bicyclic) bond motifs is 1. The van der Waals surface area contributed by atoms with Gasteiger partial charge in [0.1, 0.15) is 11.9 Å². The van der Waals surface area contributed by atoms with Gasteiger partial charge in [0.15, 0.2) is 0 Å². The van der Waals surface area contributed by atoms with Crippen LogP contribution in [0.1, 0.15) is 49.7 Å².